The number of aliphatic hydroxyl groups excluding tert-OH is 6. The van der Waals surface area contributed by atoms with Gasteiger partial charge in [0.1, 0.15) is 48.3 Å². The molecule has 8 aliphatic rings. The van der Waals surface area contributed by atoms with Gasteiger partial charge in [-0.3, -0.25) is 4.79 Å². The summed E-state index contributed by atoms with van der Waals surface area (Å²) in [7, 11) is 0. The van der Waals surface area contributed by atoms with Crippen molar-refractivity contribution < 1.29 is 84.0 Å². The zero-order valence-corrected chi connectivity index (χ0v) is 37.7. The fraction of sp³-hybridized carbons (Fsp3) is 0.913. The minimum Gasteiger partial charge on any atom is -0.481 e. The molecule has 0 bridgehead atoms. The molecule has 63 heavy (non-hydrogen) atoms. The maximum atomic E-state index is 13.1. The fourth-order valence-electron chi connectivity index (χ4n) is 14.6. The van der Waals surface area contributed by atoms with E-state index in [9.17, 15) is 55.5 Å². The van der Waals surface area contributed by atoms with Gasteiger partial charge in [-0.2, -0.15) is 0 Å². The predicted molar refractivity (Wildman–Crippen MR) is 219 cm³/mol. The SMILES string of the molecule is CC1(C)CC[C@@]2(C(=O)O)CC[C@]3(C)C(=CC[C@H]4[C@]5(C)CC[C@@H](O[C@H]6O[C@@H](C(=O)O)[C@H](O[C@H]7OC[C@@](O)(CO)[C@@H]7O)[C@@H](O)[C@@H]6O[C@H]6OC[C@H](O)[C@@H](O)[C@@H]6O)C(C)(C)[C@H]5CC[C@]43C)[C@H]2C1. The summed E-state index contributed by atoms with van der Waals surface area (Å²) in [6.07, 6.45) is -9.15. The third-order valence-electron chi connectivity index (χ3n) is 18.7. The molecule has 0 unspecified atom stereocenters. The van der Waals surface area contributed by atoms with Gasteiger partial charge >= 0.3 is 11.9 Å². The van der Waals surface area contributed by atoms with Crippen molar-refractivity contribution in [3.63, 3.8) is 0 Å². The molecule has 0 aromatic carbocycles. The van der Waals surface area contributed by atoms with Crippen molar-refractivity contribution in [3.8, 4) is 0 Å². The van der Waals surface area contributed by atoms with Gasteiger partial charge in [-0.05, 0) is 109 Å². The Hall–Kier alpha value is -1.84. The molecule has 20 atom stereocenters. The van der Waals surface area contributed by atoms with E-state index in [1.165, 1.54) is 5.57 Å². The number of hydrogen-bond acceptors (Lipinski definition) is 15. The molecule has 358 valence electrons. The first-order valence-corrected chi connectivity index (χ1v) is 23.1. The van der Waals surface area contributed by atoms with E-state index in [0.717, 1.165) is 44.9 Å². The highest BCUT2D eigenvalue weighted by Gasteiger charge is 2.70. The molecule has 17 nitrogen and oxygen atoms in total. The molecule has 0 spiro atoms. The molecule has 8 rings (SSSR count). The number of aliphatic carboxylic acids is 2. The summed E-state index contributed by atoms with van der Waals surface area (Å²) in [4.78, 5) is 26.0. The molecule has 0 aromatic heterocycles. The van der Waals surface area contributed by atoms with Crippen LogP contribution in [0.3, 0.4) is 0 Å². The first kappa shape index (κ1) is 47.6. The topological polar surface area (TPSA) is 272 Å². The van der Waals surface area contributed by atoms with Crippen molar-refractivity contribution in [3.05, 3.63) is 11.6 Å². The first-order valence-electron chi connectivity index (χ1n) is 23.1. The quantitative estimate of drug-likeness (QED) is 0.118. The lowest BCUT2D eigenvalue weighted by molar-refractivity contribution is -0.375. The summed E-state index contributed by atoms with van der Waals surface area (Å²) in [6, 6.07) is 0. The van der Waals surface area contributed by atoms with Crippen molar-refractivity contribution in [2.45, 2.75) is 192 Å². The van der Waals surface area contributed by atoms with Crippen LogP contribution in [0.2, 0.25) is 0 Å². The molecule has 0 aromatic rings. The normalized spacial score (nSPS) is 52.7. The Morgan fingerprint density at radius 3 is 2.10 bits per heavy atom. The van der Waals surface area contributed by atoms with Crippen molar-refractivity contribution in [1.82, 2.24) is 0 Å². The van der Waals surface area contributed by atoms with Crippen LogP contribution in [0.5, 0.6) is 0 Å². The summed E-state index contributed by atoms with van der Waals surface area (Å²) in [5, 5.41) is 95.7. The van der Waals surface area contributed by atoms with Crippen LogP contribution in [0.15, 0.2) is 11.6 Å². The van der Waals surface area contributed by atoms with Crippen molar-refractivity contribution in [1.29, 1.82) is 0 Å². The van der Waals surface area contributed by atoms with E-state index in [2.05, 4.69) is 54.5 Å². The van der Waals surface area contributed by atoms with E-state index in [1.807, 2.05) is 0 Å². The second-order valence-corrected chi connectivity index (χ2v) is 22.8. The second-order valence-electron chi connectivity index (χ2n) is 22.8. The summed E-state index contributed by atoms with van der Waals surface area (Å²) >= 11 is 0. The summed E-state index contributed by atoms with van der Waals surface area (Å²) in [6.45, 7) is 14.2. The Morgan fingerprint density at radius 1 is 0.762 bits per heavy atom. The molecular formula is C46H72O17. The largest absolute Gasteiger partial charge is 0.481 e. The summed E-state index contributed by atoms with van der Waals surface area (Å²) in [5.74, 6) is -1.81. The molecule has 5 aliphatic carbocycles. The van der Waals surface area contributed by atoms with E-state index in [-0.39, 0.29) is 39.4 Å². The Kier molecular flexibility index (Phi) is 12.2. The Balaban J connectivity index is 1.07. The highest BCUT2D eigenvalue weighted by atomic mass is 16.8. The molecule has 3 saturated heterocycles. The van der Waals surface area contributed by atoms with Gasteiger partial charge in [0.25, 0.3) is 0 Å². The number of ether oxygens (including phenoxy) is 6. The van der Waals surface area contributed by atoms with Crippen LogP contribution in [0, 0.1) is 50.2 Å². The number of aliphatic hydroxyl groups is 7. The van der Waals surface area contributed by atoms with E-state index >= 15 is 0 Å². The monoisotopic (exact) mass is 896 g/mol. The molecule has 4 saturated carbocycles. The number of rotatable bonds is 9. The minimum absolute atomic E-state index is 0.00463. The van der Waals surface area contributed by atoms with Crippen LogP contribution >= 0.6 is 0 Å². The molecule has 0 amide bonds. The van der Waals surface area contributed by atoms with Gasteiger partial charge in [0.2, 0.25) is 0 Å². The number of carboxylic acid groups (broad SMARTS) is 2. The van der Waals surface area contributed by atoms with Gasteiger partial charge in [0, 0.05) is 0 Å². The third-order valence-corrected chi connectivity index (χ3v) is 18.7. The fourth-order valence-corrected chi connectivity index (χ4v) is 14.6. The van der Waals surface area contributed by atoms with Gasteiger partial charge in [-0.1, -0.05) is 60.1 Å². The average molecular weight is 897 g/mol. The zero-order valence-electron chi connectivity index (χ0n) is 37.7. The molecule has 3 heterocycles. The Bertz CT molecular complexity index is 1790. The van der Waals surface area contributed by atoms with Crippen molar-refractivity contribution in [2.24, 2.45) is 50.2 Å². The van der Waals surface area contributed by atoms with Gasteiger partial charge < -0.3 is 74.4 Å². The summed E-state index contributed by atoms with van der Waals surface area (Å²) in [5.41, 5.74) is -2.42. The lowest BCUT2D eigenvalue weighted by atomic mass is 9.33. The Morgan fingerprint density at radius 2 is 1.44 bits per heavy atom. The highest BCUT2D eigenvalue weighted by molar-refractivity contribution is 5.76. The van der Waals surface area contributed by atoms with Crippen molar-refractivity contribution in [2.75, 3.05) is 19.8 Å². The maximum absolute atomic E-state index is 13.1. The van der Waals surface area contributed by atoms with Crippen LogP contribution < -0.4 is 0 Å². The molecule has 3 aliphatic heterocycles. The zero-order chi connectivity index (χ0) is 46.0. The maximum Gasteiger partial charge on any atom is 0.335 e. The van der Waals surface area contributed by atoms with Gasteiger partial charge in [0.15, 0.2) is 25.0 Å². The van der Waals surface area contributed by atoms with E-state index in [1.54, 1.807) is 0 Å². The number of hydrogen-bond donors (Lipinski definition) is 9. The number of carboxylic acids is 2. The molecule has 9 N–H and O–H groups in total. The van der Waals surface area contributed by atoms with Crippen molar-refractivity contribution >= 4 is 11.9 Å². The van der Waals surface area contributed by atoms with E-state index in [0.29, 0.717) is 19.3 Å². The van der Waals surface area contributed by atoms with Gasteiger partial charge in [-0.15, -0.1) is 0 Å². The molecule has 7 fully saturated rings. The highest BCUT2D eigenvalue weighted by Crippen LogP contribution is 2.76. The average Bonchev–Trinajstić information content (AvgIpc) is 3.49. The lowest BCUT2D eigenvalue weighted by Gasteiger charge is -2.71. The minimum atomic E-state index is -2.12. The molecule has 17 heteroatoms. The first-order chi connectivity index (χ1) is 29.3. The lowest BCUT2D eigenvalue weighted by Crippen LogP contribution is -2.67. The van der Waals surface area contributed by atoms with Crippen LogP contribution in [0.4, 0.5) is 0 Å². The third kappa shape index (κ3) is 7.28. The van der Waals surface area contributed by atoms with Gasteiger partial charge in [0.05, 0.1) is 31.3 Å². The van der Waals surface area contributed by atoms with Crippen LogP contribution in [0.1, 0.15) is 113 Å². The Labute approximate surface area is 369 Å². The standard InChI is InChI=1S/C46H72O17/c1-40(2)14-16-45(39(55)56)17-15-43(6)22(23(45)18-40)8-9-26-42(5)12-11-27(41(3,4)25(42)10-13-44(26,43)7)60-37-32(62-36-29(50)28(49)24(48)19-58-36)30(51)31(33(63-37)35(53)54)61-38-34(52)46(57,20-47)21-59-38/h8,23-34,36-38,47-52,57H,9-21H2,1-7H3,(H,53,54)(H,55,56)/t23-,24+,25-,26+,27-,28-,29+,30-,31-,32+,33-,34-,36-,37+,38-,42-,43-,44-,45-,46+/m1/s1. The predicted octanol–water partition coefficient (Wildman–Crippen LogP) is 2.08. The van der Waals surface area contributed by atoms with Crippen LogP contribution in [-0.2, 0) is 38.0 Å². The smallest absolute Gasteiger partial charge is 0.335 e. The van der Waals surface area contributed by atoms with E-state index in [4.69, 9.17) is 28.4 Å². The van der Waals surface area contributed by atoms with Gasteiger partial charge in [-0.25, -0.2) is 4.79 Å². The van der Waals surface area contributed by atoms with Crippen LogP contribution in [-0.4, -0.2) is 157 Å². The molecular weight excluding hydrogens is 824 g/mol. The molecule has 0 radical (unpaired) electrons. The number of fused-ring (bicyclic) bond motifs is 7. The van der Waals surface area contributed by atoms with Crippen LogP contribution in [0.25, 0.3) is 0 Å². The number of allylic oxidation sites excluding steroid dienone is 2. The summed E-state index contributed by atoms with van der Waals surface area (Å²) < 4.78 is 35.7. The van der Waals surface area contributed by atoms with E-state index < -0.39 is 122 Å². The number of carbonyl (C=O) groups is 2. The second kappa shape index (κ2) is 16.2.